The summed E-state index contributed by atoms with van der Waals surface area (Å²) < 4.78 is 0. The number of carbonyl (C=O) groups is 1. The zero-order valence-electron chi connectivity index (χ0n) is 9.48. The van der Waals surface area contributed by atoms with Crippen LogP contribution in [-0.4, -0.2) is 5.78 Å². The fourth-order valence-corrected chi connectivity index (χ4v) is 2.31. The van der Waals surface area contributed by atoms with Crippen LogP contribution in [0.5, 0.6) is 0 Å². The monoisotopic (exact) mass is 190 g/mol. The molecule has 1 rings (SSSR count). The van der Waals surface area contributed by atoms with Crippen molar-refractivity contribution in [3.8, 4) is 11.8 Å². The first kappa shape index (κ1) is 11.0. The van der Waals surface area contributed by atoms with Gasteiger partial charge in [-0.05, 0) is 38.0 Å². The van der Waals surface area contributed by atoms with E-state index in [2.05, 4.69) is 31.8 Å². The molecule has 0 saturated carbocycles. The van der Waals surface area contributed by atoms with Gasteiger partial charge in [0.1, 0.15) is 0 Å². The molecule has 1 unspecified atom stereocenters. The zero-order valence-corrected chi connectivity index (χ0v) is 9.48. The molecule has 1 nitrogen and oxygen atoms in total. The molecule has 0 N–H and O–H groups in total. The van der Waals surface area contributed by atoms with Crippen LogP contribution in [-0.2, 0) is 4.79 Å². The molecule has 0 saturated heterocycles. The summed E-state index contributed by atoms with van der Waals surface area (Å²) in [7, 11) is 0. The SMILES string of the molecule is CC#CC(=O)C1C(C)=CCCC1(C)C. The van der Waals surface area contributed by atoms with Crippen molar-refractivity contribution in [1.29, 1.82) is 0 Å². The second-order valence-corrected chi connectivity index (χ2v) is 4.65. The minimum atomic E-state index is 0.00343. The molecule has 0 spiro atoms. The van der Waals surface area contributed by atoms with Crippen LogP contribution in [0.3, 0.4) is 0 Å². The van der Waals surface area contributed by atoms with Gasteiger partial charge in [0.25, 0.3) is 0 Å². The molecule has 1 aliphatic carbocycles. The first-order valence-corrected chi connectivity index (χ1v) is 5.12. The van der Waals surface area contributed by atoms with Crippen molar-refractivity contribution in [2.24, 2.45) is 11.3 Å². The van der Waals surface area contributed by atoms with E-state index in [0.717, 1.165) is 12.8 Å². The predicted octanol–water partition coefficient (Wildman–Crippen LogP) is 2.96. The minimum absolute atomic E-state index is 0.00343. The number of ketones is 1. The van der Waals surface area contributed by atoms with E-state index in [1.165, 1.54) is 5.57 Å². The van der Waals surface area contributed by atoms with Gasteiger partial charge in [-0.2, -0.15) is 0 Å². The van der Waals surface area contributed by atoms with Gasteiger partial charge in [0, 0.05) is 0 Å². The largest absolute Gasteiger partial charge is 0.284 e. The van der Waals surface area contributed by atoms with E-state index < -0.39 is 0 Å². The van der Waals surface area contributed by atoms with E-state index in [9.17, 15) is 4.79 Å². The molecule has 0 bridgehead atoms. The smallest absolute Gasteiger partial charge is 0.213 e. The van der Waals surface area contributed by atoms with Gasteiger partial charge < -0.3 is 0 Å². The van der Waals surface area contributed by atoms with Gasteiger partial charge in [-0.1, -0.05) is 31.4 Å². The Kier molecular flexibility index (Phi) is 3.16. The number of Topliss-reactive ketones (excluding diaryl/α,β-unsaturated/α-hetero) is 1. The highest BCUT2D eigenvalue weighted by Gasteiger charge is 2.36. The van der Waals surface area contributed by atoms with Crippen molar-refractivity contribution in [3.05, 3.63) is 11.6 Å². The van der Waals surface area contributed by atoms with Crippen molar-refractivity contribution in [1.82, 2.24) is 0 Å². The number of carbonyl (C=O) groups excluding carboxylic acids is 1. The summed E-state index contributed by atoms with van der Waals surface area (Å²) in [5.74, 6) is 5.45. The van der Waals surface area contributed by atoms with Crippen molar-refractivity contribution in [2.45, 2.75) is 40.5 Å². The molecular formula is C13H18O. The van der Waals surface area contributed by atoms with Crippen molar-refractivity contribution in [2.75, 3.05) is 0 Å². The van der Waals surface area contributed by atoms with Crippen molar-refractivity contribution in [3.63, 3.8) is 0 Å². The molecule has 0 aromatic rings. The Bertz CT molecular complexity index is 323. The van der Waals surface area contributed by atoms with E-state index in [-0.39, 0.29) is 17.1 Å². The Hall–Kier alpha value is -1.03. The molecular weight excluding hydrogens is 172 g/mol. The molecule has 1 heteroatoms. The lowest BCUT2D eigenvalue weighted by Gasteiger charge is -2.36. The first-order chi connectivity index (χ1) is 6.49. The second-order valence-electron chi connectivity index (χ2n) is 4.65. The average Bonchev–Trinajstić information content (AvgIpc) is 2.02. The molecule has 14 heavy (non-hydrogen) atoms. The Morgan fingerprint density at radius 3 is 2.71 bits per heavy atom. The average molecular weight is 190 g/mol. The maximum atomic E-state index is 11.8. The standard InChI is InChI=1S/C13H18O/c1-5-7-11(14)12-10(2)8-6-9-13(12,3)4/h8,12H,6,9H2,1-4H3. The zero-order chi connectivity index (χ0) is 10.8. The van der Waals surface area contributed by atoms with Gasteiger partial charge in [-0.15, -0.1) is 0 Å². The quantitative estimate of drug-likeness (QED) is 0.353. The molecule has 0 heterocycles. The Labute approximate surface area is 86.6 Å². The highest BCUT2D eigenvalue weighted by atomic mass is 16.1. The molecule has 0 aromatic heterocycles. The number of hydrogen-bond donors (Lipinski definition) is 0. The second kappa shape index (κ2) is 4.00. The predicted molar refractivity (Wildman–Crippen MR) is 58.7 cm³/mol. The molecule has 0 aromatic carbocycles. The highest BCUT2D eigenvalue weighted by Crippen LogP contribution is 2.41. The topological polar surface area (TPSA) is 17.1 Å². The maximum absolute atomic E-state index is 11.8. The summed E-state index contributed by atoms with van der Waals surface area (Å²) in [6.45, 7) is 8.07. The van der Waals surface area contributed by atoms with Crippen LogP contribution in [0.4, 0.5) is 0 Å². The van der Waals surface area contributed by atoms with Crippen LogP contribution >= 0.6 is 0 Å². The van der Waals surface area contributed by atoms with E-state index in [1.807, 2.05) is 6.92 Å². The third kappa shape index (κ3) is 2.07. The van der Waals surface area contributed by atoms with E-state index in [0.29, 0.717) is 0 Å². The normalized spacial score (nSPS) is 24.6. The lowest BCUT2D eigenvalue weighted by atomic mass is 9.67. The van der Waals surface area contributed by atoms with E-state index >= 15 is 0 Å². The first-order valence-electron chi connectivity index (χ1n) is 5.12. The maximum Gasteiger partial charge on any atom is 0.213 e. The lowest BCUT2D eigenvalue weighted by molar-refractivity contribution is -0.119. The van der Waals surface area contributed by atoms with Crippen LogP contribution in [0, 0.1) is 23.2 Å². The Morgan fingerprint density at radius 1 is 1.57 bits per heavy atom. The van der Waals surface area contributed by atoms with Gasteiger partial charge in [-0.3, -0.25) is 4.79 Å². The third-order valence-electron chi connectivity index (χ3n) is 3.00. The van der Waals surface area contributed by atoms with Crippen LogP contribution in [0.15, 0.2) is 11.6 Å². The minimum Gasteiger partial charge on any atom is -0.284 e. The van der Waals surface area contributed by atoms with Gasteiger partial charge in [0.05, 0.1) is 5.92 Å². The fraction of sp³-hybridized carbons (Fsp3) is 0.615. The van der Waals surface area contributed by atoms with E-state index in [4.69, 9.17) is 0 Å². The molecule has 0 radical (unpaired) electrons. The van der Waals surface area contributed by atoms with Gasteiger partial charge in [0.15, 0.2) is 0 Å². The fourth-order valence-electron chi connectivity index (χ4n) is 2.31. The summed E-state index contributed by atoms with van der Waals surface area (Å²) >= 11 is 0. The molecule has 1 aliphatic rings. The van der Waals surface area contributed by atoms with E-state index in [1.54, 1.807) is 6.92 Å². The summed E-state index contributed by atoms with van der Waals surface area (Å²) in [5, 5.41) is 0. The lowest BCUT2D eigenvalue weighted by Crippen LogP contribution is -2.33. The summed E-state index contributed by atoms with van der Waals surface area (Å²) in [6, 6.07) is 0. The number of rotatable bonds is 1. The van der Waals surface area contributed by atoms with Crippen LogP contribution < -0.4 is 0 Å². The summed E-state index contributed by atoms with van der Waals surface area (Å²) in [6.07, 6.45) is 4.33. The van der Waals surface area contributed by atoms with Gasteiger partial charge in [-0.25, -0.2) is 0 Å². The molecule has 76 valence electrons. The Morgan fingerprint density at radius 2 is 2.21 bits per heavy atom. The Balaban J connectivity index is 3.01. The third-order valence-corrected chi connectivity index (χ3v) is 3.00. The van der Waals surface area contributed by atoms with Crippen LogP contribution in [0.2, 0.25) is 0 Å². The number of hydrogen-bond acceptors (Lipinski definition) is 1. The molecule has 0 amide bonds. The van der Waals surface area contributed by atoms with Crippen LogP contribution in [0.1, 0.15) is 40.5 Å². The summed E-state index contributed by atoms with van der Waals surface area (Å²) in [4.78, 5) is 11.8. The van der Waals surface area contributed by atoms with Gasteiger partial charge >= 0.3 is 0 Å². The molecule has 1 atom stereocenters. The van der Waals surface area contributed by atoms with Crippen LogP contribution in [0.25, 0.3) is 0 Å². The van der Waals surface area contributed by atoms with Gasteiger partial charge in [0.2, 0.25) is 5.78 Å². The number of allylic oxidation sites excluding steroid dienone is 2. The summed E-state index contributed by atoms with van der Waals surface area (Å²) in [5.41, 5.74) is 1.26. The molecule has 0 aliphatic heterocycles. The van der Waals surface area contributed by atoms with Crippen molar-refractivity contribution >= 4 is 5.78 Å². The highest BCUT2D eigenvalue weighted by molar-refractivity contribution is 5.99. The van der Waals surface area contributed by atoms with Crippen molar-refractivity contribution < 1.29 is 4.79 Å². The molecule has 0 fully saturated rings.